The van der Waals surface area contributed by atoms with Crippen LogP contribution in [0.2, 0.25) is 0 Å². The highest BCUT2D eigenvalue weighted by atomic mass is 32.2. The number of carbonyl (C=O) groups excluding carboxylic acids is 4. The molecule has 1 saturated heterocycles. The maximum absolute atomic E-state index is 16.8. The van der Waals surface area contributed by atoms with Crippen LogP contribution >= 0.6 is 0 Å². The molecule has 0 unspecified atom stereocenters. The molecule has 1 aromatic heterocycles. The zero-order chi connectivity index (χ0) is 41.1. The van der Waals surface area contributed by atoms with E-state index in [1.807, 2.05) is 19.9 Å². The number of aromatic nitrogens is 1. The van der Waals surface area contributed by atoms with Crippen molar-refractivity contribution in [2.75, 3.05) is 20.3 Å². The Morgan fingerprint density at radius 2 is 1.89 bits per heavy atom. The summed E-state index contributed by atoms with van der Waals surface area (Å²) in [6.07, 6.45) is 5.10. The molecule has 4 amide bonds. The summed E-state index contributed by atoms with van der Waals surface area (Å²) in [6.45, 7) is 6.44. The lowest BCUT2D eigenvalue weighted by molar-refractivity contribution is -0.141. The number of hydrogen-bond donors (Lipinski definition) is 3. The standard InChI is InChI=1S/C40H51F2N5O9S/c1-23(2)20-55-36(51)44-29-12-10-8-6-7-9-11-25-18-39(25,35(50)46-57(52,53)37(4)15-16-37)45-33(48)30-19-38(22-47(30)34(29)49)21-40(41,42)31-27-17-26(54-5)13-14-28(27)43-24(3)32(31)56-38/h9,11,13-14,17,23,25,29-30H,6-8,10,12,15-16,18-22H2,1-5H3,(H,44,51)(H,45,48)(H,46,50)/b11-9-/t25-,29+,30+,38+,39-/m1/s1. The molecule has 14 nitrogen and oxygen atoms in total. The number of hydrogen-bond acceptors (Lipinski definition) is 10. The van der Waals surface area contributed by atoms with Crippen LogP contribution in [0, 0.1) is 18.8 Å². The van der Waals surface area contributed by atoms with E-state index < -0.39 is 93.0 Å². The monoisotopic (exact) mass is 815 g/mol. The fourth-order valence-electron chi connectivity index (χ4n) is 8.32. The van der Waals surface area contributed by atoms with Gasteiger partial charge >= 0.3 is 6.09 Å². The summed E-state index contributed by atoms with van der Waals surface area (Å²) in [7, 11) is -2.66. The van der Waals surface area contributed by atoms with Gasteiger partial charge in [0.15, 0.2) is 5.75 Å². The van der Waals surface area contributed by atoms with Crippen LogP contribution in [0.4, 0.5) is 13.6 Å². The number of carbonyl (C=O) groups is 4. The van der Waals surface area contributed by atoms with Crippen molar-refractivity contribution >= 4 is 44.7 Å². The number of sulfonamides is 1. The number of rotatable bonds is 7. The second-order valence-corrected chi connectivity index (χ2v) is 19.2. The summed E-state index contributed by atoms with van der Waals surface area (Å²) >= 11 is 0. The summed E-state index contributed by atoms with van der Waals surface area (Å²) in [6, 6.07) is 2.04. The smallest absolute Gasteiger partial charge is 0.407 e. The van der Waals surface area contributed by atoms with Gasteiger partial charge in [-0.1, -0.05) is 38.8 Å². The Kier molecular flexibility index (Phi) is 10.5. The van der Waals surface area contributed by atoms with Gasteiger partial charge in [-0.05, 0) is 76.5 Å². The van der Waals surface area contributed by atoms with E-state index in [9.17, 15) is 27.6 Å². The summed E-state index contributed by atoms with van der Waals surface area (Å²) in [4.78, 5) is 61.9. The topological polar surface area (TPSA) is 182 Å². The first kappa shape index (κ1) is 40.6. The Hall–Kier alpha value is -4.54. The predicted molar refractivity (Wildman–Crippen MR) is 204 cm³/mol. The van der Waals surface area contributed by atoms with Crippen molar-refractivity contribution in [1.82, 2.24) is 25.2 Å². The second kappa shape index (κ2) is 14.7. The molecule has 0 bridgehead atoms. The molecule has 57 heavy (non-hydrogen) atoms. The van der Waals surface area contributed by atoms with E-state index >= 15 is 8.78 Å². The molecule has 0 radical (unpaired) electrons. The van der Waals surface area contributed by atoms with Crippen molar-refractivity contribution in [3.05, 3.63) is 41.6 Å². The fraction of sp³-hybridized carbons (Fsp3) is 0.625. The number of amides is 4. The molecule has 5 atom stereocenters. The maximum Gasteiger partial charge on any atom is 0.407 e. The van der Waals surface area contributed by atoms with Gasteiger partial charge in [0.05, 0.1) is 48.2 Å². The summed E-state index contributed by atoms with van der Waals surface area (Å²) in [5, 5.41) is 5.57. The molecule has 3 aliphatic heterocycles. The predicted octanol–water partition coefficient (Wildman–Crippen LogP) is 4.91. The lowest BCUT2D eigenvalue weighted by atomic mass is 9.84. The third kappa shape index (κ3) is 7.75. The minimum Gasteiger partial charge on any atom is -0.497 e. The highest BCUT2D eigenvalue weighted by Crippen LogP contribution is 2.55. The second-order valence-electron chi connectivity index (χ2n) is 17.0. The Bertz CT molecular complexity index is 2130. The van der Waals surface area contributed by atoms with Crippen LogP contribution in [0.3, 0.4) is 0 Å². The van der Waals surface area contributed by atoms with Crippen LogP contribution in [0.15, 0.2) is 30.4 Å². The summed E-state index contributed by atoms with van der Waals surface area (Å²) < 4.78 is 78.2. The van der Waals surface area contributed by atoms with Crippen molar-refractivity contribution in [1.29, 1.82) is 0 Å². The molecule has 17 heteroatoms. The number of alkyl halides is 2. The van der Waals surface area contributed by atoms with Gasteiger partial charge in [-0.3, -0.25) is 19.1 Å². The first-order valence-electron chi connectivity index (χ1n) is 19.7. The van der Waals surface area contributed by atoms with E-state index in [0.717, 1.165) is 4.90 Å². The van der Waals surface area contributed by atoms with E-state index in [1.54, 1.807) is 32.1 Å². The molecule has 3 N–H and O–H groups in total. The van der Waals surface area contributed by atoms with Gasteiger partial charge in [0.1, 0.15) is 29.0 Å². The molecule has 7 rings (SSSR count). The molecule has 2 saturated carbocycles. The molecule has 2 aliphatic carbocycles. The Morgan fingerprint density at radius 1 is 1.14 bits per heavy atom. The summed E-state index contributed by atoms with van der Waals surface area (Å²) in [5.74, 6) is -6.34. The molecule has 310 valence electrons. The van der Waals surface area contributed by atoms with Crippen LogP contribution in [-0.2, 0) is 35.1 Å². The zero-order valence-corrected chi connectivity index (χ0v) is 33.7. The van der Waals surface area contributed by atoms with Gasteiger partial charge in [0.25, 0.3) is 11.8 Å². The van der Waals surface area contributed by atoms with Crippen LogP contribution in [0.25, 0.3) is 10.9 Å². The van der Waals surface area contributed by atoms with E-state index in [1.165, 1.54) is 13.2 Å². The Morgan fingerprint density at radius 3 is 2.60 bits per heavy atom. The number of nitrogens with one attached hydrogen (secondary N) is 3. The van der Waals surface area contributed by atoms with Gasteiger partial charge in [-0.25, -0.2) is 27.0 Å². The van der Waals surface area contributed by atoms with Crippen LogP contribution in [-0.4, -0.2) is 90.3 Å². The number of aryl methyl sites for hydroxylation is 1. The first-order valence-corrected chi connectivity index (χ1v) is 21.2. The third-order valence-corrected chi connectivity index (χ3v) is 14.2. The maximum atomic E-state index is 16.8. The van der Waals surface area contributed by atoms with Gasteiger partial charge < -0.3 is 29.7 Å². The Labute approximate surface area is 330 Å². The van der Waals surface area contributed by atoms with Crippen molar-refractivity contribution in [3.8, 4) is 11.5 Å². The number of benzene rings is 1. The SMILES string of the molecule is COc1ccc2nc(C)c3c(c2c1)C(F)(F)C[C@]1(C[C@H]2C(=O)N[C@]4(C(=O)NS(=O)(=O)C5(C)CC5)C[C@H]4/C=C\CCCCC[C@H](NC(=O)OCC(C)C)C(=O)N2C1)O3. The molecule has 5 aliphatic rings. The molecular weight excluding hydrogens is 765 g/mol. The number of fused-ring (bicyclic) bond motifs is 5. The Balaban J connectivity index is 1.27. The average molecular weight is 816 g/mol. The van der Waals surface area contributed by atoms with E-state index in [4.69, 9.17) is 14.2 Å². The minimum absolute atomic E-state index is 0.0148. The molecule has 1 aromatic carbocycles. The van der Waals surface area contributed by atoms with Gasteiger partial charge in [-0.15, -0.1) is 0 Å². The molecule has 3 fully saturated rings. The van der Waals surface area contributed by atoms with Gasteiger partial charge in [-0.2, -0.15) is 0 Å². The van der Waals surface area contributed by atoms with E-state index in [2.05, 4.69) is 20.3 Å². The van der Waals surface area contributed by atoms with E-state index in [-0.39, 0.29) is 47.8 Å². The van der Waals surface area contributed by atoms with Gasteiger partial charge in [0, 0.05) is 17.7 Å². The molecule has 2 aromatic rings. The quantitative estimate of drug-likeness (QED) is 0.325. The first-order chi connectivity index (χ1) is 26.8. The van der Waals surface area contributed by atoms with Crippen molar-refractivity contribution in [3.63, 3.8) is 0 Å². The molecular formula is C40H51F2N5O9S. The normalized spacial score (nSPS) is 29.8. The van der Waals surface area contributed by atoms with Crippen LogP contribution < -0.4 is 24.8 Å². The fourth-order valence-corrected chi connectivity index (χ4v) is 9.63. The summed E-state index contributed by atoms with van der Waals surface area (Å²) in [5.41, 5.74) is -3.35. The van der Waals surface area contributed by atoms with E-state index in [0.29, 0.717) is 49.8 Å². The van der Waals surface area contributed by atoms with Crippen LogP contribution in [0.5, 0.6) is 11.5 Å². The third-order valence-electron chi connectivity index (χ3n) is 12.0. The molecule has 4 heterocycles. The number of ether oxygens (including phenoxy) is 3. The lowest BCUT2D eigenvalue weighted by Crippen LogP contribution is -2.58. The van der Waals surface area contributed by atoms with Crippen LogP contribution in [0.1, 0.15) is 96.2 Å². The molecule has 1 spiro atoms. The van der Waals surface area contributed by atoms with Crippen molar-refractivity contribution in [2.24, 2.45) is 11.8 Å². The zero-order valence-electron chi connectivity index (χ0n) is 32.9. The minimum atomic E-state index is -4.08. The number of pyridine rings is 1. The highest BCUT2D eigenvalue weighted by Gasteiger charge is 2.65. The van der Waals surface area contributed by atoms with Crippen molar-refractivity contribution < 1.29 is 50.6 Å². The number of allylic oxidation sites excluding steroid dienone is 1. The average Bonchev–Trinajstić information content (AvgIpc) is 4.03. The number of methoxy groups -OCH3 is 1. The van der Waals surface area contributed by atoms with Gasteiger partial charge in [0.2, 0.25) is 21.8 Å². The van der Waals surface area contributed by atoms with Crippen molar-refractivity contribution in [2.45, 2.75) is 126 Å². The number of nitrogens with zero attached hydrogens (tertiary/aromatic N) is 2. The lowest BCUT2D eigenvalue weighted by Gasteiger charge is -2.40. The highest BCUT2D eigenvalue weighted by molar-refractivity contribution is 7.91. The number of alkyl carbamates (subject to hydrolysis) is 1. The largest absolute Gasteiger partial charge is 0.497 e. The number of halogens is 2.